The second-order valence-electron chi connectivity index (χ2n) is 5.01. The average molecular weight is 283 g/mol. The van der Waals surface area contributed by atoms with Crippen LogP contribution in [0.4, 0.5) is 4.79 Å². The highest BCUT2D eigenvalue weighted by molar-refractivity contribution is 5.73. The van der Waals surface area contributed by atoms with Crippen molar-refractivity contribution in [3.05, 3.63) is 65.0 Å². The third-order valence-electron chi connectivity index (χ3n) is 3.46. The van der Waals surface area contributed by atoms with E-state index in [-0.39, 0.29) is 6.03 Å². The smallest absolute Gasteiger partial charge is 0.315 e. The van der Waals surface area contributed by atoms with E-state index in [0.29, 0.717) is 13.1 Å². The molecule has 0 atom stereocenters. The number of benzene rings is 1. The molecular formula is C17H21N3O. The summed E-state index contributed by atoms with van der Waals surface area (Å²) in [7, 11) is 0. The Kier molecular flexibility index (Phi) is 5.32. The van der Waals surface area contributed by atoms with E-state index in [2.05, 4.69) is 34.7 Å². The molecular weight excluding hydrogens is 262 g/mol. The second kappa shape index (κ2) is 7.43. The van der Waals surface area contributed by atoms with Crippen LogP contribution in [0.1, 0.15) is 29.2 Å². The maximum absolute atomic E-state index is 11.8. The van der Waals surface area contributed by atoms with E-state index in [0.717, 1.165) is 23.1 Å². The zero-order valence-corrected chi connectivity index (χ0v) is 12.5. The molecule has 21 heavy (non-hydrogen) atoms. The van der Waals surface area contributed by atoms with Crippen LogP contribution in [-0.2, 0) is 19.5 Å². The summed E-state index contributed by atoms with van der Waals surface area (Å²) in [6.07, 6.45) is 4.56. The molecule has 0 spiro atoms. The Morgan fingerprint density at radius 1 is 1.05 bits per heavy atom. The molecule has 1 heterocycles. The molecule has 0 aliphatic heterocycles. The average Bonchev–Trinajstić information content (AvgIpc) is 2.52. The van der Waals surface area contributed by atoms with Crippen molar-refractivity contribution in [1.82, 2.24) is 15.6 Å². The Morgan fingerprint density at radius 2 is 1.71 bits per heavy atom. The lowest BCUT2D eigenvalue weighted by Gasteiger charge is -2.09. The van der Waals surface area contributed by atoms with Crippen LogP contribution in [-0.4, -0.2) is 11.0 Å². The van der Waals surface area contributed by atoms with Crippen molar-refractivity contribution >= 4 is 6.03 Å². The summed E-state index contributed by atoms with van der Waals surface area (Å²) in [4.78, 5) is 15.8. The van der Waals surface area contributed by atoms with Crippen LogP contribution in [0.25, 0.3) is 0 Å². The van der Waals surface area contributed by atoms with Crippen molar-refractivity contribution in [3.8, 4) is 0 Å². The van der Waals surface area contributed by atoms with Crippen LogP contribution in [0.5, 0.6) is 0 Å². The molecule has 4 nitrogen and oxygen atoms in total. The van der Waals surface area contributed by atoms with E-state index in [1.165, 1.54) is 5.56 Å². The maximum atomic E-state index is 11.8. The molecule has 110 valence electrons. The van der Waals surface area contributed by atoms with E-state index in [9.17, 15) is 4.79 Å². The number of carbonyl (C=O) groups is 1. The molecule has 0 saturated heterocycles. The van der Waals surface area contributed by atoms with Crippen LogP contribution < -0.4 is 10.6 Å². The lowest BCUT2D eigenvalue weighted by molar-refractivity contribution is 0.240. The van der Waals surface area contributed by atoms with E-state index in [1.807, 2.05) is 25.1 Å². The number of nitrogens with one attached hydrogen (secondary N) is 2. The minimum atomic E-state index is -0.161. The van der Waals surface area contributed by atoms with Gasteiger partial charge in [-0.05, 0) is 41.7 Å². The van der Waals surface area contributed by atoms with Crippen molar-refractivity contribution in [3.63, 3.8) is 0 Å². The highest BCUT2D eigenvalue weighted by atomic mass is 16.2. The molecule has 0 unspecified atom stereocenters. The van der Waals surface area contributed by atoms with Gasteiger partial charge in [0.15, 0.2) is 0 Å². The fourth-order valence-electron chi connectivity index (χ4n) is 2.01. The SMILES string of the molecule is CCc1ccc(CNC(=O)NCc2ccncc2C)cc1. The fourth-order valence-corrected chi connectivity index (χ4v) is 2.01. The van der Waals surface area contributed by atoms with Crippen LogP contribution in [0.3, 0.4) is 0 Å². The van der Waals surface area contributed by atoms with Crippen molar-refractivity contribution in [2.24, 2.45) is 0 Å². The van der Waals surface area contributed by atoms with Crippen molar-refractivity contribution in [2.45, 2.75) is 33.4 Å². The Hall–Kier alpha value is -2.36. The zero-order valence-electron chi connectivity index (χ0n) is 12.5. The number of carbonyl (C=O) groups excluding carboxylic acids is 1. The number of pyridine rings is 1. The van der Waals surface area contributed by atoms with Gasteiger partial charge in [-0.1, -0.05) is 31.2 Å². The van der Waals surface area contributed by atoms with Crippen molar-refractivity contribution < 1.29 is 4.79 Å². The Morgan fingerprint density at radius 3 is 2.38 bits per heavy atom. The quantitative estimate of drug-likeness (QED) is 0.886. The molecule has 2 rings (SSSR count). The lowest BCUT2D eigenvalue weighted by atomic mass is 10.1. The summed E-state index contributed by atoms with van der Waals surface area (Å²) >= 11 is 0. The predicted molar refractivity (Wildman–Crippen MR) is 83.9 cm³/mol. The van der Waals surface area contributed by atoms with Crippen LogP contribution in [0.15, 0.2) is 42.7 Å². The molecule has 4 heteroatoms. The highest BCUT2D eigenvalue weighted by Crippen LogP contribution is 2.05. The van der Waals surface area contributed by atoms with Gasteiger partial charge in [-0.15, -0.1) is 0 Å². The minimum absolute atomic E-state index is 0.161. The molecule has 0 fully saturated rings. The van der Waals surface area contributed by atoms with Gasteiger partial charge in [0.1, 0.15) is 0 Å². The highest BCUT2D eigenvalue weighted by Gasteiger charge is 2.02. The van der Waals surface area contributed by atoms with Gasteiger partial charge < -0.3 is 10.6 Å². The summed E-state index contributed by atoms with van der Waals surface area (Å²) in [5.74, 6) is 0. The molecule has 2 N–H and O–H groups in total. The van der Waals surface area contributed by atoms with Gasteiger partial charge in [0.2, 0.25) is 0 Å². The zero-order chi connectivity index (χ0) is 15.1. The molecule has 1 aromatic heterocycles. The number of hydrogen-bond acceptors (Lipinski definition) is 2. The van der Waals surface area contributed by atoms with E-state index >= 15 is 0 Å². The first-order chi connectivity index (χ1) is 10.2. The number of amides is 2. The van der Waals surface area contributed by atoms with Gasteiger partial charge in [0.25, 0.3) is 0 Å². The van der Waals surface area contributed by atoms with Crippen LogP contribution in [0, 0.1) is 6.92 Å². The first kappa shape index (κ1) is 15.0. The van der Waals surface area contributed by atoms with Crippen molar-refractivity contribution in [1.29, 1.82) is 0 Å². The first-order valence-corrected chi connectivity index (χ1v) is 7.18. The van der Waals surface area contributed by atoms with Crippen LogP contribution in [0.2, 0.25) is 0 Å². The van der Waals surface area contributed by atoms with Crippen molar-refractivity contribution in [2.75, 3.05) is 0 Å². The normalized spacial score (nSPS) is 10.2. The summed E-state index contributed by atoms with van der Waals surface area (Å²) < 4.78 is 0. The third kappa shape index (κ3) is 4.60. The van der Waals surface area contributed by atoms with E-state index in [4.69, 9.17) is 0 Å². The molecule has 1 aromatic carbocycles. The Balaban J connectivity index is 1.78. The summed E-state index contributed by atoms with van der Waals surface area (Å²) in [5, 5.41) is 5.72. The summed E-state index contributed by atoms with van der Waals surface area (Å²) in [6.45, 7) is 5.15. The van der Waals surface area contributed by atoms with Crippen LogP contribution >= 0.6 is 0 Å². The molecule has 0 radical (unpaired) electrons. The summed E-state index contributed by atoms with van der Waals surface area (Å²) in [5.41, 5.74) is 4.55. The first-order valence-electron chi connectivity index (χ1n) is 7.18. The number of urea groups is 1. The van der Waals surface area contributed by atoms with Gasteiger partial charge >= 0.3 is 6.03 Å². The topological polar surface area (TPSA) is 54.0 Å². The van der Waals surface area contributed by atoms with Gasteiger partial charge in [-0.25, -0.2) is 4.79 Å². The molecule has 0 aliphatic rings. The molecule has 0 aliphatic carbocycles. The number of rotatable bonds is 5. The van der Waals surface area contributed by atoms with Gasteiger partial charge in [0, 0.05) is 25.5 Å². The minimum Gasteiger partial charge on any atom is -0.334 e. The maximum Gasteiger partial charge on any atom is 0.315 e. The van der Waals surface area contributed by atoms with E-state index in [1.54, 1.807) is 12.4 Å². The molecule has 0 bridgehead atoms. The van der Waals surface area contributed by atoms with Gasteiger partial charge in [0.05, 0.1) is 0 Å². The third-order valence-corrected chi connectivity index (χ3v) is 3.46. The second-order valence-corrected chi connectivity index (χ2v) is 5.01. The standard InChI is InChI=1S/C17H21N3O/c1-3-14-4-6-15(7-5-14)11-19-17(21)20-12-16-8-9-18-10-13(16)2/h4-10H,3,11-12H2,1-2H3,(H2,19,20,21). The Bertz CT molecular complexity index is 593. The van der Waals surface area contributed by atoms with Gasteiger partial charge in [-0.2, -0.15) is 0 Å². The van der Waals surface area contributed by atoms with Gasteiger partial charge in [-0.3, -0.25) is 4.98 Å². The molecule has 2 aromatic rings. The summed E-state index contributed by atoms with van der Waals surface area (Å²) in [6, 6.07) is 10.0. The fraction of sp³-hybridized carbons (Fsp3) is 0.294. The lowest BCUT2D eigenvalue weighted by Crippen LogP contribution is -2.34. The number of aromatic nitrogens is 1. The van der Waals surface area contributed by atoms with E-state index < -0.39 is 0 Å². The molecule has 0 saturated carbocycles. The number of hydrogen-bond donors (Lipinski definition) is 2. The predicted octanol–water partition coefficient (Wildman–Crippen LogP) is 2.95. The Labute approximate surface area is 125 Å². The number of aryl methyl sites for hydroxylation is 2. The number of nitrogens with zero attached hydrogens (tertiary/aromatic N) is 1. The molecule has 2 amide bonds. The monoisotopic (exact) mass is 283 g/mol. The largest absolute Gasteiger partial charge is 0.334 e.